The lowest BCUT2D eigenvalue weighted by Crippen LogP contribution is -2.58. The molecule has 0 radical (unpaired) electrons. The van der Waals surface area contributed by atoms with Crippen molar-refractivity contribution in [2.45, 2.75) is 38.9 Å². The van der Waals surface area contributed by atoms with Crippen LogP contribution >= 0.6 is 0 Å². The second-order valence-corrected chi connectivity index (χ2v) is 9.60. The van der Waals surface area contributed by atoms with Crippen LogP contribution in [0.25, 0.3) is 6.08 Å². The maximum Gasteiger partial charge on any atom is 0.271 e. The number of piperazine rings is 1. The molecule has 0 aliphatic carbocycles. The Morgan fingerprint density at radius 1 is 1.26 bits per heavy atom. The van der Waals surface area contributed by atoms with E-state index in [1.807, 2.05) is 37.2 Å². The average Bonchev–Trinajstić information content (AvgIpc) is 2.84. The molecule has 4 rings (SSSR count). The number of likely N-dealkylation sites (N-methyl/N-ethyl adjacent to an activating group) is 1. The summed E-state index contributed by atoms with van der Waals surface area (Å²) in [6, 6.07) is 3.84. The van der Waals surface area contributed by atoms with E-state index in [1.165, 1.54) is 6.08 Å². The molecule has 1 amide bonds. The number of nitrogens with zero attached hydrogens (tertiary/aromatic N) is 6. The van der Waals surface area contributed by atoms with Crippen molar-refractivity contribution in [2.75, 3.05) is 50.1 Å². The van der Waals surface area contributed by atoms with Crippen molar-refractivity contribution in [1.29, 1.82) is 0 Å². The lowest BCUT2D eigenvalue weighted by molar-refractivity contribution is -0.128. The van der Waals surface area contributed by atoms with E-state index in [9.17, 15) is 9.59 Å². The van der Waals surface area contributed by atoms with Crippen LogP contribution in [-0.4, -0.2) is 83.0 Å². The standard InChI is InChI=1S/C26H35N7O2/c1-6-24(34)32-15-19(3)33(16-18(32)2)25-20-11-14-31(22-9-7-12-27-26(22)35)17-21(20)28-23(29-25)10-8-13-30(4)5/h6-10,12,18-19H,1,11,13-17H2,2-5H3,(H,27,35)/b10-8+/t18-,19+/m1/s1. The van der Waals surface area contributed by atoms with Crippen LogP contribution in [0.4, 0.5) is 11.5 Å². The van der Waals surface area contributed by atoms with E-state index >= 15 is 0 Å². The summed E-state index contributed by atoms with van der Waals surface area (Å²) >= 11 is 0. The molecule has 2 aliphatic heterocycles. The molecule has 0 unspecified atom stereocenters. The fourth-order valence-electron chi connectivity index (χ4n) is 4.82. The molecule has 9 nitrogen and oxygen atoms in total. The van der Waals surface area contributed by atoms with E-state index in [-0.39, 0.29) is 23.6 Å². The zero-order chi connectivity index (χ0) is 25.1. The molecule has 0 aromatic carbocycles. The molecule has 0 spiro atoms. The Labute approximate surface area is 206 Å². The summed E-state index contributed by atoms with van der Waals surface area (Å²) in [5.41, 5.74) is 2.63. The Balaban J connectivity index is 1.71. The molecule has 0 saturated carbocycles. The van der Waals surface area contributed by atoms with Crippen LogP contribution in [0.1, 0.15) is 30.9 Å². The minimum atomic E-state index is -0.0956. The molecule has 2 aliphatic rings. The van der Waals surface area contributed by atoms with Crippen molar-refractivity contribution in [2.24, 2.45) is 0 Å². The topological polar surface area (TPSA) is 88.7 Å². The Bertz CT molecular complexity index is 1170. The second-order valence-electron chi connectivity index (χ2n) is 9.60. The summed E-state index contributed by atoms with van der Waals surface area (Å²) < 4.78 is 0. The monoisotopic (exact) mass is 477 g/mol. The molecule has 2 aromatic heterocycles. The van der Waals surface area contributed by atoms with Crippen LogP contribution < -0.4 is 15.4 Å². The Kier molecular flexibility index (Phi) is 7.35. The van der Waals surface area contributed by atoms with Crippen LogP contribution in [0, 0.1) is 0 Å². The summed E-state index contributed by atoms with van der Waals surface area (Å²) in [5, 5.41) is 0. The number of pyridine rings is 1. The normalized spacial score (nSPS) is 20.4. The van der Waals surface area contributed by atoms with E-state index < -0.39 is 0 Å². The number of amides is 1. The van der Waals surface area contributed by atoms with Crippen molar-refractivity contribution in [1.82, 2.24) is 24.8 Å². The third kappa shape index (κ3) is 5.30. The first-order valence-corrected chi connectivity index (χ1v) is 12.1. The van der Waals surface area contributed by atoms with Crippen LogP contribution in [0.15, 0.2) is 41.9 Å². The van der Waals surface area contributed by atoms with Gasteiger partial charge in [-0.25, -0.2) is 9.97 Å². The molecule has 0 bridgehead atoms. The number of anilines is 2. The van der Waals surface area contributed by atoms with Gasteiger partial charge >= 0.3 is 0 Å². The van der Waals surface area contributed by atoms with Gasteiger partial charge in [-0.1, -0.05) is 12.7 Å². The summed E-state index contributed by atoms with van der Waals surface area (Å²) in [6.07, 6.45) is 7.80. The minimum absolute atomic E-state index is 0.0373. The van der Waals surface area contributed by atoms with Crippen molar-refractivity contribution in [3.05, 3.63) is 64.5 Å². The number of aromatic amines is 1. The Morgan fingerprint density at radius 3 is 2.77 bits per heavy atom. The third-order valence-corrected chi connectivity index (χ3v) is 6.65. The lowest BCUT2D eigenvalue weighted by Gasteiger charge is -2.45. The summed E-state index contributed by atoms with van der Waals surface area (Å²) in [5.74, 6) is 1.56. The number of H-pyrrole nitrogens is 1. The molecule has 35 heavy (non-hydrogen) atoms. The van der Waals surface area contributed by atoms with Crippen LogP contribution in [0.5, 0.6) is 0 Å². The summed E-state index contributed by atoms with van der Waals surface area (Å²) in [4.78, 5) is 45.8. The number of rotatable bonds is 6. The van der Waals surface area contributed by atoms with E-state index in [0.29, 0.717) is 37.7 Å². The van der Waals surface area contributed by atoms with Crippen molar-refractivity contribution in [3.8, 4) is 0 Å². The second kappa shape index (κ2) is 10.4. The molecular formula is C26H35N7O2. The van der Waals surface area contributed by atoms with Gasteiger partial charge in [-0.15, -0.1) is 0 Å². The van der Waals surface area contributed by atoms with Crippen molar-refractivity contribution < 1.29 is 4.79 Å². The van der Waals surface area contributed by atoms with Gasteiger partial charge in [0.1, 0.15) is 11.5 Å². The zero-order valence-electron chi connectivity index (χ0n) is 21.1. The molecule has 186 valence electrons. The van der Waals surface area contributed by atoms with Gasteiger partial charge in [0.05, 0.1) is 12.2 Å². The average molecular weight is 478 g/mol. The van der Waals surface area contributed by atoms with E-state index in [4.69, 9.17) is 9.97 Å². The Hall–Kier alpha value is -3.46. The first-order chi connectivity index (χ1) is 16.8. The molecule has 1 N–H and O–H groups in total. The van der Waals surface area contributed by atoms with Gasteiger partial charge in [0.25, 0.3) is 5.56 Å². The highest BCUT2D eigenvalue weighted by atomic mass is 16.2. The highest BCUT2D eigenvalue weighted by Crippen LogP contribution is 2.31. The predicted octanol–water partition coefficient (Wildman–Crippen LogP) is 1.91. The van der Waals surface area contributed by atoms with Crippen LogP contribution in [0.2, 0.25) is 0 Å². The number of carbonyl (C=O) groups excluding carboxylic acids is 1. The number of hydrogen-bond donors (Lipinski definition) is 1. The van der Waals surface area contributed by atoms with Crippen LogP contribution in [-0.2, 0) is 17.8 Å². The van der Waals surface area contributed by atoms with E-state index in [0.717, 1.165) is 30.0 Å². The predicted molar refractivity (Wildman–Crippen MR) is 140 cm³/mol. The Morgan fingerprint density at radius 2 is 2.06 bits per heavy atom. The van der Waals surface area contributed by atoms with Gasteiger partial charge in [-0.05, 0) is 58.6 Å². The fourth-order valence-corrected chi connectivity index (χ4v) is 4.82. The van der Waals surface area contributed by atoms with E-state index in [2.05, 4.69) is 46.2 Å². The molecule has 2 aromatic rings. The molecule has 2 atom stereocenters. The highest BCUT2D eigenvalue weighted by molar-refractivity contribution is 5.87. The van der Waals surface area contributed by atoms with Crippen molar-refractivity contribution >= 4 is 23.5 Å². The lowest BCUT2D eigenvalue weighted by atomic mass is 10.0. The maximum absolute atomic E-state index is 12.4. The van der Waals surface area contributed by atoms with E-state index in [1.54, 1.807) is 6.20 Å². The third-order valence-electron chi connectivity index (χ3n) is 6.65. The van der Waals surface area contributed by atoms with Gasteiger partial charge in [0, 0.05) is 50.0 Å². The molecule has 4 heterocycles. The number of fused-ring (bicyclic) bond motifs is 1. The first-order valence-electron chi connectivity index (χ1n) is 12.1. The first kappa shape index (κ1) is 24.7. The number of carbonyl (C=O) groups is 1. The quantitative estimate of drug-likeness (QED) is 0.636. The minimum Gasteiger partial charge on any atom is -0.361 e. The zero-order valence-corrected chi connectivity index (χ0v) is 21.1. The highest BCUT2D eigenvalue weighted by Gasteiger charge is 2.34. The van der Waals surface area contributed by atoms with Gasteiger partial charge in [-0.2, -0.15) is 0 Å². The van der Waals surface area contributed by atoms with Gasteiger partial charge in [0.15, 0.2) is 5.82 Å². The number of hydrogen-bond acceptors (Lipinski definition) is 7. The molecule has 9 heteroatoms. The summed E-state index contributed by atoms with van der Waals surface area (Å²) in [6.45, 7) is 11.2. The molecule has 1 saturated heterocycles. The fraction of sp³-hybridized carbons (Fsp3) is 0.462. The number of nitrogens with one attached hydrogen (secondary N) is 1. The van der Waals surface area contributed by atoms with Gasteiger partial charge in [-0.3, -0.25) is 9.59 Å². The smallest absolute Gasteiger partial charge is 0.271 e. The molecule has 1 fully saturated rings. The molecular weight excluding hydrogens is 442 g/mol. The maximum atomic E-state index is 12.4. The van der Waals surface area contributed by atoms with Crippen LogP contribution in [0.3, 0.4) is 0 Å². The number of aromatic nitrogens is 3. The van der Waals surface area contributed by atoms with Gasteiger partial charge in [0.2, 0.25) is 5.91 Å². The largest absolute Gasteiger partial charge is 0.361 e. The summed E-state index contributed by atoms with van der Waals surface area (Å²) in [7, 11) is 4.04. The van der Waals surface area contributed by atoms with Crippen molar-refractivity contribution in [3.63, 3.8) is 0 Å². The SMILES string of the molecule is C=CC(=O)N1C[C@H](C)N(c2nc(/C=C/CN(C)C)nc3c2CCN(c2ccc[nH]c2=O)C3)C[C@H]1C. The van der Waals surface area contributed by atoms with Gasteiger partial charge < -0.3 is 24.6 Å².